The van der Waals surface area contributed by atoms with E-state index < -0.39 is 0 Å². The summed E-state index contributed by atoms with van der Waals surface area (Å²) in [6.45, 7) is 0. The van der Waals surface area contributed by atoms with Crippen LogP contribution in [0.5, 0.6) is 0 Å². The number of rotatable bonds is 0. The summed E-state index contributed by atoms with van der Waals surface area (Å²) in [6.07, 6.45) is 0. The van der Waals surface area contributed by atoms with Crippen molar-refractivity contribution in [1.82, 2.24) is 0 Å². The molecule has 9 heavy (non-hydrogen) atoms. The minimum Gasteiger partial charge on any atom is -2.00 e. The zero-order valence-electron chi connectivity index (χ0n) is 4.16. The Labute approximate surface area is 107 Å². The van der Waals surface area contributed by atoms with Crippen molar-refractivity contribution < 1.29 is 61.5 Å². The molecule has 9 heteroatoms. The molecule has 0 rings (SSSR count). The first-order valence-corrected chi connectivity index (χ1v) is 0. The molecule has 5 nitrogen and oxygen atoms in total. The average Bonchev–Trinajstić information content (AvgIpc) is 0. The van der Waals surface area contributed by atoms with Crippen molar-refractivity contribution >= 4 is 46.1 Å². The van der Waals surface area contributed by atoms with Gasteiger partial charge in [0.25, 0.3) is 0 Å². The molecule has 0 atom stereocenters. The first-order chi connectivity index (χ1) is 0. The quantitative estimate of drug-likeness (QED) is 0.461. The van der Waals surface area contributed by atoms with Crippen molar-refractivity contribution in [2.45, 2.75) is 0 Å². The second-order valence-corrected chi connectivity index (χ2v) is 0. The van der Waals surface area contributed by atoms with Crippen LogP contribution in [0.1, 0.15) is 0 Å². The molecule has 2 radical (unpaired) electrons. The van der Waals surface area contributed by atoms with E-state index in [0.29, 0.717) is 0 Å². The SMILES string of the molecule is [Fe+3].[Fe+3].[Mg+2].[Mg+2].[O-2].[O-2].[O-2].[O-2].[O-2]. The predicted molar refractivity (Wildman–Crippen MR) is 14.9 cm³/mol. The summed E-state index contributed by atoms with van der Waals surface area (Å²) < 4.78 is 0. The van der Waals surface area contributed by atoms with Gasteiger partial charge in [0, 0.05) is 0 Å². The van der Waals surface area contributed by atoms with Gasteiger partial charge in [-0.3, -0.25) is 0 Å². The third-order valence-corrected chi connectivity index (χ3v) is 0. The fraction of sp³-hybridized carbons (Fsp3) is 0. The maximum Gasteiger partial charge on any atom is 3.00 e. The molecule has 0 aromatic heterocycles. The van der Waals surface area contributed by atoms with Gasteiger partial charge < -0.3 is 27.4 Å². The maximum atomic E-state index is 0. The van der Waals surface area contributed by atoms with Crippen LogP contribution >= 0.6 is 0 Å². The molecule has 0 aliphatic heterocycles. The van der Waals surface area contributed by atoms with Crippen LogP contribution in [0.3, 0.4) is 0 Å². The molecule has 0 amide bonds. The van der Waals surface area contributed by atoms with Gasteiger partial charge in [0.15, 0.2) is 0 Å². The minimum absolute atomic E-state index is 0. The average molecular weight is 240 g/mol. The van der Waals surface area contributed by atoms with E-state index in [0.717, 1.165) is 0 Å². The van der Waals surface area contributed by atoms with Crippen LogP contribution in [0.2, 0.25) is 0 Å². The molecule has 0 saturated heterocycles. The van der Waals surface area contributed by atoms with Crippen LogP contribution in [-0.2, 0) is 61.5 Å². The van der Waals surface area contributed by atoms with E-state index >= 15 is 0 Å². The zero-order chi connectivity index (χ0) is 0. The standard InChI is InChI=1S/2Fe.2Mg.5O/q2*+3;2*+2;5*-2. The molecule has 0 aliphatic rings. The van der Waals surface area contributed by atoms with Crippen LogP contribution in [-0.4, -0.2) is 46.1 Å². The van der Waals surface area contributed by atoms with Crippen LogP contribution in [0.15, 0.2) is 0 Å². The second kappa shape index (κ2) is 162. The molecule has 0 aromatic rings. The van der Waals surface area contributed by atoms with Gasteiger partial charge in [-0.25, -0.2) is 0 Å². The normalized spacial score (nSPS) is 0. The molecule has 50 valence electrons. The molecule has 0 N–H and O–H groups in total. The molecule has 0 unspecified atom stereocenters. The van der Waals surface area contributed by atoms with E-state index in [1.165, 1.54) is 0 Å². The Morgan fingerprint density at radius 3 is 0.333 bits per heavy atom. The summed E-state index contributed by atoms with van der Waals surface area (Å²) in [6, 6.07) is 0. The maximum absolute atomic E-state index is 0. The van der Waals surface area contributed by atoms with Gasteiger partial charge in [0.05, 0.1) is 0 Å². The van der Waals surface area contributed by atoms with Gasteiger partial charge in [-0.1, -0.05) is 0 Å². The van der Waals surface area contributed by atoms with Crippen LogP contribution in [0, 0.1) is 0 Å². The Balaban J connectivity index is 0. The van der Waals surface area contributed by atoms with Gasteiger partial charge in [0.2, 0.25) is 0 Å². The summed E-state index contributed by atoms with van der Waals surface area (Å²) in [5.41, 5.74) is 0. The van der Waals surface area contributed by atoms with E-state index in [-0.39, 0.29) is 108 Å². The molecule has 0 bridgehead atoms. The number of hydrogen-bond acceptors (Lipinski definition) is 0. The first-order valence-electron chi connectivity index (χ1n) is 0. The van der Waals surface area contributed by atoms with E-state index in [9.17, 15) is 0 Å². The molecular formula is Fe2Mg2O5. The van der Waals surface area contributed by atoms with Gasteiger partial charge in [-0.15, -0.1) is 0 Å². The smallest absolute Gasteiger partial charge is 2.00 e. The number of hydrogen-bond donors (Lipinski definition) is 0. The summed E-state index contributed by atoms with van der Waals surface area (Å²) in [4.78, 5) is 0. The first kappa shape index (κ1) is 218. The summed E-state index contributed by atoms with van der Waals surface area (Å²) in [7, 11) is 0. The minimum atomic E-state index is 0. The van der Waals surface area contributed by atoms with E-state index in [2.05, 4.69) is 0 Å². The van der Waals surface area contributed by atoms with Crippen molar-refractivity contribution in [1.29, 1.82) is 0 Å². The third-order valence-electron chi connectivity index (χ3n) is 0. The van der Waals surface area contributed by atoms with Crippen molar-refractivity contribution in [3.05, 3.63) is 0 Å². The van der Waals surface area contributed by atoms with Crippen LogP contribution in [0.25, 0.3) is 0 Å². The summed E-state index contributed by atoms with van der Waals surface area (Å²) >= 11 is 0. The fourth-order valence-corrected chi connectivity index (χ4v) is 0. The topological polar surface area (TPSA) is 142 Å². The molecule has 0 fully saturated rings. The van der Waals surface area contributed by atoms with Crippen molar-refractivity contribution in [3.63, 3.8) is 0 Å². The monoisotopic (exact) mass is 240 g/mol. The summed E-state index contributed by atoms with van der Waals surface area (Å²) in [5, 5.41) is 0. The Morgan fingerprint density at radius 2 is 0.333 bits per heavy atom. The van der Waals surface area contributed by atoms with Crippen molar-refractivity contribution in [3.8, 4) is 0 Å². The van der Waals surface area contributed by atoms with Gasteiger partial charge in [-0.05, 0) is 0 Å². The van der Waals surface area contributed by atoms with Crippen LogP contribution in [0.4, 0.5) is 0 Å². The van der Waals surface area contributed by atoms with Gasteiger partial charge >= 0.3 is 80.2 Å². The Hall–Kier alpha value is 2.37. The Morgan fingerprint density at radius 1 is 0.333 bits per heavy atom. The third kappa shape index (κ3) is 129. The Bertz CT molecular complexity index is 12.9. The molecule has 0 spiro atoms. The largest absolute Gasteiger partial charge is 3.00 e. The Kier molecular flexibility index (Phi) is 3910. The van der Waals surface area contributed by atoms with E-state index in [4.69, 9.17) is 0 Å². The van der Waals surface area contributed by atoms with E-state index in [1.807, 2.05) is 0 Å². The van der Waals surface area contributed by atoms with Gasteiger partial charge in [0.1, 0.15) is 0 Å². The van der Waals surface area contributed by atoms with Crippen molar-refractivity contribution in [2.75, 3.05) is 0 Å². The van der Waals surface area contributed by atoms with Crippen LogP contribution < -0.4 is 0 Å². The molecule has 0 saturated carbocycles. The second-order valence-electron chi connectivity index (χ2n) is 0. The van der Waals surface area contributed by atoms with Crippen molar-refractivity contribution in [2.24, 2.45) is 0 Å². The fourth-order valence-electron chi connectivity index (χ4n) is 0. The predicted octanol–water partition coefficient (Wildman–Crippen LogP) is -1.36. The zero-order valence-corrected chi connectivity index (χ0v) is 9.20. The molecule has 0 heterocycles. The van der Waals surface area contributed by atoms with E-state index in [1.54, 1.807) is 0 Å². The molecule has 0 aliphatic carbocycles. The molecule has 0 aromatic carbocycles. The van der Waals surface area contributed by atoms with Gasteiger partial charge in [-0.2, -0.15) is 0 Å². The molecular weight excluding hydrogens is 240 g/mol. The summed E-state index contributed by atoms with van der Waals surface area (Å²) in [5.74, 6) is 0.